The minimum Gasteiger partial charge on any atom is -0.494 e. The SMILES string of the molecule is CCOc1ccccc1C1CCC1CN. The predicted octanol–water partition coefficient (Wildman–Crippen LogP) is 2.54. The fraction of sp³-hybridized carbons (Fsp3) is 0.538. The van der Waals surface area contributed by atoms with E-state index >= 15 is 0 Å². The summed E-state index contributed by atoms with van der Waals surface area (Å²) in [5.41, 5.74) is 7.09. The van der Waals surface area contributed by atoms with Gasteiger partial charge in [-0.3, -0.25) is 0 Å². The molecule has 82 valence electrons. The highest BCUT2D eigenvalue weighted by atomic mass is 16.5. The Morgan fingerprint density at radius 1 is 1.33 bits per heavy atom. The first-order valence-corrected chi connectivity index (χ1v) is 5.78. The van der Waals surface area contributed by atoms with Gasteiger partial charge in [0.2, 0.25) is 0 Å². The first kappa shape index (κ1) is 10.5. The average molecular weight is 205 g/mol. The van der Waals surface area contributed by atoms with Crippen molar-refractivity contribution in [3.05, 3.63) is 29.8 Å². The molecule has 0 radical (unpaired) electrons. The Kier molecular flexibility index (Phi) is 3.27. The molecule has 0 saturated heterocycles. The number of benzene rings is 1. The summed E-state index contributed by atoms with van der Waals surface area (Å²) in [4.78, 5) is 0. The molecule has 0 amide bonds. The summed E-state index contributed by atoms with van der Waals surface area (Å²) < 4.78 is 5.65. The van der Waals surface area contributed by atoms with Gasteiger partial charge in [0, 0.05) is 0 Å². The predicted molar refractivity (Wildman–Crippen MR) is 62.1 cm³/mol. The number of ether oxygens (including phenoxy) is 1. The van der Waals surface area contributed by atoms with Crippen LogP contribution in [-0.2, 0) is 0 Å². The Morgan fingerprint density at radius 2 is 2.13 bits per heavy atom. The van der Waals surface area contributed by atoms with Crippen LogP contribution in [0.4, 0.5) is 0 Å². The van der Waals surface area contributed by atoms with Gasteiger partial charge in [-0.2, -0.15) is 0 Å². The highest BCUT2D eigenvalue weighted by molar-refractivity contribution is 5.37. The van der Waals surface area contributed by atoms with Crippen LogP contribution in [0.1, 0.15) is 31.2 Å². The highest BCUT2D eigenvalue weighted by Gasteiger charge is 2.32. The van der Waals surface area contributed by atoms with E-state index in [-0.39, 0.29) is 0 Å². The lowest BCUT2D eigenvalue weighted by Gasteiger charge is -2.37. The van der Waals surface area contributed by atoms with Gasteiger partial charge in [-0.25, -0.2) is 0 Å². The maximum atomic E-state index is 5.74. The second kappa shape index (κ2) is 4.67. The van der Waals surface area contributed by atoms with Crippen molar-refractivity contribution in [3.63, 3.8) is 0 Å². The van der Waals surface area contributed by atoms with Crippen LogP contribution in [0.25, 0.3) is 0 Å². The lowest BCUT2D eigenvalue weighted by atomic mass is 9.70. The summed E-state index contributed by atoms with van der Waals surface area (Å²) in [6.07, 6.45) is 2.52. The van der Waals surface area contributed by atoms with Crippen molar-refractivity contribution in [2.24, 2.45) is 11.7 Å². The minimum atomic E-state index is 0.623. The standard InChI is InChI=1S/C13H19NO/c1-2-15-13-6-4-3-5-12(13)11-8-7-10(11)9-14/h3-6,10-11H,2,7-9,14H2,1H3. The molecule has 15 heavy (non-hydrogen) atoms. The Balaban J connectivity index is 2.19. The molecule has 2 atom stereocenters. The van der Waals surface area contributed by atoms with E-state index in [4.69, 9.17) is 10.5 Å². The van der Waals surface area contributed by atoms with Crippen LogP contribution in [0.5, 0.6) is 5.75 Å². The summed E-state index contributed by atoms with van der Waals surface area (Å²) in [5, 5.41) is 0. The van der Waals surface area contributed by atoms with Gasteiger partial charge < -0.3 is 10.5 Å². The van der Waals surface area contributed by atoms with Crippen molar-refractivity contribution in [2.45, 2.75) is 25.7 Å². The van der Waals surface area contributed by atoms with Gasteiger partial charge in [-0.1, -0.05) is 18.2 Å². The molecule has 2 rings (SSSR count). The lowest BCUT2D eigenvalue weighted by molar-refractivity contribution is 0.251. The van der Waals surface area contributed by atoms with E-state index in [2.05, 4.69) is 18.2 Å². The average Bonchev–Trinajstić information content (AvgIpc) is 2.20. The first-order chi connectivity index (χ1) is 7.36. The third-order valence-corrected chi connectivity index (χ3v) is 3.34. The van der Waals surface area contributed by atoms with E-state index in [1.165, 1.54) is 18.4 Å². The zero-order valence-electron chi connectivity index (χ0n) is 9.28. The second-order valence-corrected chi connectivity index (χ2v) is 4.15. The van der Waals surface area contributed by atoms with Crippen molar-refractivity contribution in [1.82, 2.24) is 0 Å². The summed E-state index contributed by atoms with van der Waals surface area (Å²) in [5.74, 6) is 2.33. The van der Waals surface area contributed by atoms with Crippen LogP contribution in [-0.4, -0.2) is 13.2 Å². The topological polar surface area (TPSA) is 35.2 Å². The molecule has 0 aromatic heterocycles. The minimum absolute atomic E-state index is 0.623. The molecule has 2 heteroatoms. The molecular formula is C13H19NO. The quantitative estimate of drug-likeness (QED) is 0.819. The zero-order valence-corrected chi connectivity index (χ0v) is 9.28. The number of hydrogen-bond donors (Lipinski definition) is 1. The van der Waals surface area contributed by atoms with E-state index in [1.807, 2.05) is 13.0 Å². The van der Waals surface area contributed by atoms with Crippen LogP contribution in [0.3, 0.4) is 0 Å². The van der Waals surface area contributed by atoms with Crippen molar-refractivity contribution in [1.29, 1.82) is 0 Å². The lowest BCUT2D eigenvalue weighted by Crippen LogP contribution is -2.30. The highest BCUT2D eigenvalue weighted by Crippen LogP contribution is 2.44. The molecule has 2 N–H and O–H groups in total. The van der Waals surface area contributed by atoms with Crippen molar-refractivity contribution >= 4 is 0 Å². The third-order valence-electron chi connectivity index (χ3n) is 3.34. The summed E-state index contributed by atoms with van der Waals surface area (Å²) >= 11 is 0. The van der Waals surface area contributed by atoms with Gasteiger partial charge in [0.15, 0.2) is 0 Å². The van der Waals surface area contributed by atoms with Crippen LogP contribution >= 0.6 is 0 Å². The van der Waals surface area contributed by atoms with Crippen LogP contribution in [0, 0.1) is 5.92 Å². The number of para-hydroxylation sites is 1. The summed E-state index contributed by atoms with van der Waals surface area (Å²) in [7, 11) is 0. The number of rotatable bonds is 4. The fourth-order valence-electron chi connectivity index (χ4n) is 2.33. The zero-order chi connectivity index (χ0) is 10.7. The molecule has 0 heterocycles. The molecule has 1 saturated carbocycles. The number of hydrogen-bond acceptors (Lipinski definition) is 2. The molecule has 2 nitrogen and oxygen atoms in total. The Morgan fingerprint density at radius 3 is 2.73 bits per heavy atom. The van der Waals surface area contributed by atoms with Gasteiger partial charge in [0.05, 0.1) is 6.61 Å². The van der Waals surface area contributed by atoms with Gasteiger partial charge in [-0.05, 0) is 49.8 Å². The van der Waals surface area contributed by atoms with E-state index in [9.17, 15) is 0 Å². The Bertz CT molecular complexity index is 322. The third kappa shape index (κ3) is 2.00. The van der Waals surface area contributed by atoms with Gasteiger partial charge in [0.25, 0.3) is 0 Å². The number of nitrogens with two attached hydrogens (primary N) is 1. The molecule has 1 aromatic rings. The smallest absolute Gasteiger partial charge is 0.122 e. The van der Waals surface area contributed by atoms with E-state index in [0.717, 1.165) is 18.9 Å². The van der Waals surface area contributed by atoms with E-state index in [0.29, 0.717) is 11.8 Å². The maximum Gasteiger partial charge on any atom is 0.122 e. The summed E-state index contributed by atoms with van der Waals surface area (Å²) in [6, 6.07) is 8.36. The molecule has 1 aliphatic rings. The van der Waals surface area contributed by atoms with Gasteiger partial charge in [0.1, 0.15) is 5.75 Å². The molecule has 0 aliphatic heterocycles. The fourth-order valence-corrected chi connectivity index (χ4v) is 2.33. The molecule has 1 aromatic carbocycles. The monoisotopic (exact) mass is 205 g/mol. The molecule has 0 bridgehead atoms. The molecule has 1 aliphatic carbocycles. The Labute approximate surface area is 91.4 Å². The van der Waals surface area contributed by atoms with Gasteiger partial charge >= 0.3 is 0 Å². The second-order valence-electron chi connectivity index (χ2n) is 4.15. The van der Waals surface area contributed by atoms with Crippen molar-refractivity contribution in [3.8, 4) is 5.75 Å². The Hall–Kier alpha value is -1.02. The van der Waals surface area contributed by atoms with Crippen molar-refractivity contribution in [2.75, 3.05) is 13.2 Å². The molecular weight excluding hydrogens is 186 g/mol. The molecule has 2 unspecified atom stereocenters. The van der Waals surface area contributed by atoms with Crippen LogP contribution in [0.15, 0.2) is 24.3 Å². The first-order valence-electron chi connectivity index (χ1n) is 5.78. The molecule has 0 spiro atoms. The summed E-state index contributed by atoms with van der Waals surface area (Å²) in [6.45, 7) is 3.56. The van der Waals surface area contributed by atoms with Crippen LogP contribution in [0.2, 0.25) is 0 Å². The maximum absolute atomic E-state index is 5.74. The molecule has 1 fully saturated rings. The van der Waals surface area contributed by atoms with E-state index < -0.39 is 0 Å². The normalized spacial score (nSPS) is 24.7. The van der Waals surface area contributed by atoms with Gasteiger partial charge in [-0.15, -0.1) is 0 Å². The largest absolute Gasteiger partial charge is 0.494 e. The van der Waals surface area contributed by atoms with Crippen LogP contribution < -0.4 is 10.5 Å². The van der Waals surface area contributed by atoms with E-state index in [1.54, 1.807) is 0 Å². The van der Waals surface area contributed by atoms with Crippen molar-refractivity contribution < 1.29 is 4.74 Å².